The van der Waals surface area contributed by atoms with Crippen LogP contribution in [0.25, 0.3) is 0 Å². The number of aliphatic hydroxyl groups excluding tert-OH is 1. The summed E-state index contributed by atoms with van der Waals surface area (Å²) in [5, 5.41) is 8.83. The molecule has 19 heavy (non-hydrogen) atoms. The van der Waals surface area contributed by atoms with Gasteiger partial charge in [0.2, 0.25) is 16.0 Å². The van der Waals surface area contributed by atoms with E-state index in [0.717, 1.165) is 0 Å². The number of aromatic nitrogens is 2. The average molecular weight is 289 g/mol. The standard InChI is InChI=1S/C10H19N5O3S/c1-8(2)15(4-3-5-16)19(17,18)9-6-12-10(14-11)13-7-9/h6-8,16H,3-5,11H2,1-2H3,(H,12,13,14). The molecule has 0 saturated carbocycles. The van der Waals surface area contributed by atoms with E-state index in [2.05, 4.69) is 15.4 Å². The second kappa shape index (κ2) is 6.75. The van der Waals surface area contributed by atoms with Gasteiger partial charge < -0.3 is 5.11 Å². The Morgan fingerprint density at radius 2 is 2.00 bits per heavy atom. The second-order valence-corrected chi connectivity index (χ2v) is 6.06. The quantitative estimate of drug-likeness (QED) is 0.459. The van der Waals surface area contributed by atoms with Crippen LogP contribution in [-0.2, 0) is 10.0 Å². The molecule has 0 aliphatic rings. The predicted molar refractivity (Wildman–Crippen MR) is 70.6 cm³/mol. The molecule has 0 unspecified atom stereocenters. The molecule has 1 rings (SSSR count). The molecule has 4 N–H and O–H groups in total. The van der Waals surface area contributed by atoms with Crippen molar-refractivity contribution in [1.82, 2.24) is 14.3 Å². The third-order valence-electron chi connectivity index (χ3n) is 2.48. The zero-order chi connectivity index (χ0) is 14.5. The zero-order valence-electron chi connectivity index (χ0n) is 10.9. The maximum atomic E-state index is 12.4. The van der Waals surface area contributed by atoms with Crippen LogP contribution in [0.5, 0.6) is 0 Å². The number of rotatable bonds is 7. The minimum atomic E-state index is -3.67. The Morgan fingerprint density at radius 1 is 1.42 bits per heavy atom. The molecule has 0 aliphatic heterocycles. The van der Waals surface area contributed by atoms with Crippen LogP contribution in [-0.4, -0.2) is 47.0 Å². The van der Waals surface area contributed by atoms with E-state index in [1.54, 1.807) is 13.8 Å². The Bertz CT molecular complexity index is 488. The van der Waals surface area contributed by atoms with Crippen LogP contribution in [0.1, 0.15) is 20.3 Å². The molecule has 1 heterocycles. The minimum Gasteiger partial charge on any atom is -0.396 e. The molecule has 0 atom stereocenters. The lowest BCUT2D eigenvalue weighted by Crippen LogP contribution is -2.38. The van der Waals surface area contributed by atoms with Crippen LogP contribution in [0.4, 0.5) is 5.95 Å². The molecule has 0 spiro atoms. The van der Waals surface area contributed by atoms with Gasteiger partial charge >= 0.3 is 0 Å². The fourth-order valence-corrected chi connectivity index (χ4v) is 3.11. The first kappa shape index (κ1) is 15.8. The first-order valence-electron chi connectivity index (χ1n) is 5.85. The van der Waals surface area contributed by atoms with Crippen molar-refractivity contribution in [2.75, 3.05) is 18.6 Å². The number of aliphatic hydroxyl groups is 1. The lowest BCUT2D eigenvalue weighted by atomic mass is 10.3. The van der Waals surface area contributed by atoms with Crippen LogP contribution < -0.4 is 11.3 Å². The first-order valence-corrected chi connectivity index (χ1v) is 7.29. The van der Waals surface area contributed by atoms with Crippen LogP contribution in [0, 0.1) is 0 Å². The van der Waals surface area contributed by atoms with E-state index < -0.39 is 10.0 Å². The molecule has 108 valence electrons. The maximum Gasteiger partial charge on any atom is 0.246 e. The van der Waals surface area contributed by atoms with Crippen molar-refractivity contribution in [3.05, 3.63) is 12.4 Å². The summed E-state index contributed by atoms with van der Waals surface area (Å²) in [4.78, 5) is 7.56. The predicted octanol–water partition coefficient (Wildman–Crippen LogP) is -0.456. The molecule has 0 bridgehead atoms. The van der Waals surface area contributed by atoms with E-state index >= 15 is 0 Å². The summed E-state index contributed by atoms with van der Waals surface area (Å²) < 4.78 is 26.1. The molecule has 0 saturated heterocycles. The number of anilines is 1. The van der Waals surface area contributed by atoms with Crippen molar-refractivity contribution >= 4 is 16.0 Å². The summed E-state index contributed by atoms with van der Waals surface area (Å²) >= 11 is 0. The molecule has 0 aliphatic carbocycles. The monoisotopic (exact) mass is 289 g/mol. The van der Waals surface area contributed by atoms with Gasteiger partial charge in [-0.2, -0.15) is 4.31 Å². The normalized spacial score (nSPS) is 12.1. The molecule has 0 amide bonds. The summed E-state index contributed by atoms with van der Waals surface area (Å²) in [7, 11) is -3.67. The summed E-state index contributed by atoms with van der Waals surface area (Å²) in [5.74, 6) is 5.26. The third kappa shape index (κ3) is 3.83. The van der Waals surface area contributed by atoms with Crippen molar-refractivity contribution in [3.8, 4) is 0 Å². The molecule has 0 radical (unpaired) electrons. The third-order valence-corrected chi connectivity index (χ3v) is 4.50. The molecule has 0 fully saturated rings. The zero-order valence-corrected chi connectivity index (χ0v) is 11.8. The number of nitrogens with zero attached hydrogens (tertiary/aromatic N) is 3. The van der Waals surface area contributed by atoms with Crippen LogP contribution >= 0.6 is 0 Å². The van der Waals surface area contributed by atoms with Crippen molar-refractivity contribution in [2.24, 2.45) is 5.84 Å². The number of nitrogens with two attached hydrogens (primary N) is 1. The largest absolute Gasteiger partial charge is 0.396 e. The Balaban J connectivity index is 3.04. The van der Waals surface area contributed by atoms with Crippen molar-refractivity contribution in [3.63, 3.8) is 0 Å². The fraction of sp³-hybridized carbons (Fsp3) is 0.600. The van der Waals surface area contributed by atoms with E-state index in [1.807, 2.05) is 0 Å². The lowest BCUT2D eigenvalue weighted by molar-refractivity contribution is 0.258. The Hall–Kier alpha value is -1.29. The Kier molecular flexibility index (Phi) is 5.60. The maximum absolute atomic E-state index is 12.4. The van der Waals surface area contributed by atoms with Crippen LogP contribution in [0.2, 0.25) is 0 Å². The topological polar surface area (TPSA) is 121 Å². The fourth-order valence-electron chi connectivity index (χ4n) is 1.54. The Labute approximate surface area is 112 Å². The first-order chi connectivity index (χ1) is 8.93. The van der Waals surface area contributed by atoms with Gasteiger partial charge in [0, 0.05) is 19.2 Å². The summed E-state index contributed by atoms with van der Waals surface area (Å²) in [6.45, 7) is 3.72. The van der Waals surface area contributed by atoms with Gasteiger partial charge in [0.1, 0.15) is 4.90 Å². The number of hydrogen-bond acceptors (Lipinski definition) is 7. The van der Waals surface area contributed by atoms with E-state index in [-0.39, 0.29) is 30.0 Å². The van der Waals surface area contributed by atoms with E-state index in [0.29, 0.717) is 6.42 Å². The van der Waals surface area contributed by atoms with Gasteiger partial charge in [0.15, 0.2) is 0 Å². The highest BCUT2D eigenvalue weighted by Gasteiger charge is 2.27. The smallest absolute Gasteiger partial charge is 0.246 e. The van der Waals surface area contributed by atoms with Gasteiger partial charge in [-0.25, -0.2) is 24.2 Å². The molecule has 1 aromatic heterocycles. The molecule has 9 heteroatoms. The SMILES string of the molecule is CC(C)N(CCCO)S(=O)(=O)c1cnc(NN)nc1. The van der Waals surface area contributed by atoms with Crippen LogP contribution in [0.3, 0.4) is 0 Å². The van der Waals surface area contributed by atoms with E-state index in [1.165, 1.54) is 16.7 Å². The average Bonchev–Trinajstić information content (AvgIpc) is 2.38. The summed E-state index contributed by atoms with van der Waals surface area (Å²) in [5.41, 5.74) is 2.23. The Morgan fingerprint density at radius 3 is 2.42 bits per heavy atom. The number of hydrogen-bond donors (Lipinski definition) is 3. The molecular formula is C10H19N5O3S. The minimum absolute atomic E-state index is 0.00172. The highest BCUT2D eigenvalue weighted by molar-refractivity contribution is 7.89. The van der Waals surface area contributed by atoms with Gasteiger partial charge in [-0.1, -0.05) is 0 Å². The van der Waals surface area contributed by atoms with Crippen molar-refractivity contribution in [2.45, 2.75) is 31.2 Å². The lowest BCUT2D eigenvalue weighted by Gasteiger charge is -2.25. The molecule has 0 aromatic carbocycles. The molecule has 1 aromatic rings. The highest BCUT2D eigenvalue weighted by atomic mass is 32.2. The number of hydrazine groups is 1. The summed E-state index contributed by atoms with van der Waals surface area (Å²) in [6.07, 6.45) is 2.78. The van der Waals surface area contributed by atoms with Gasteiger partial charge in [0.25, 0.3) is 0 Å². The van der Waals surface area contributed by atoms with Gasteiger partial charge in [0.05, 0.1) is 12.4 Å². The number of sulfonamides is 1. The summed E-state index contributed by atoms with van der Waals surface area (Å²) in [6, 6.07) is -0.219. The van der Waals surface area contributed by atoms with Crippen LogP contribution in [0.15, 0.2) is 17.3 Å². The molecule has 8 nitrogen and oxygen atoms in total. The van der Waals surface area contributed by atoms with Gasteiger partial charge in [-0.05, 0) is 20.3 Å². The van der Waals surface area contributed by atoms with E-state index in [4.69, 9.17) is 10.9 Å². The molecular weight excluding hydrogens is 270 g/mol. The highest BCUT2D eigenvalue weighted by Crippen LogP contribution is 2.17. The number of nitrogen functional groups attached to an aromatic ring is 1. The van der Waals surface area contributed by atoms with Crippen molar-refractivity contribution < 1.29 is 13.5 Å². The van der Waals surface area contributed by atoms with Gasteiger partial charge in [-0.15, -0.1) is 0 Å². The van der Waals surface area contributed by atoms with Gasteiger partial charge in [-0.3, -0.25) is 5.43 Å². The second-order valence-electron chi connectivity index (χ2n) is 4.17. The van der Waals surface area contributed by atoms with E-state index in [9.17, 15) is 8.42 Å². The number of nitrogens with one attached hydrogen (secondary N) is 1. The van der Waals surface area contributed by atoms with Crippen molar-refractivity contribution in [1.29, 1.82) is 0 Å².